The van der Waals surface area contributed by atoms with Crippen molar-refractivity contribution in [3.05, 3.63) is 69.8 Å². The van der Waals surface area contributed by atoms with Crippen LogP contribution in [0.2, 0.25) is 0 Å². The number of halogens is 4. The maximum atomic E-state index is 14.7. The smallest absolute Gasteiger partial charge is 0.264 e. The van der Waals surface area contributed by atoms with Crippen LogP contribution in [0.3, 0.4) is 0 Å². The molecule has 30 heavy (non-hydrogen) atoms. The van der Waals surface area contributed by atoms with Crippen LogP contribution in [-0.2, 0) is 6.54 Å². The van der Waals surface area contributed by atoms with Gasteiger partial charge in [-0.2, -0.15) is 0 Å². The molecular formula is C20H15BrF3N5O. The van der Waals surface area contributed by atoms with Gasteiger partial charge >= 0.3 is 0 Å². The molecule has 0 spiro atoms. The second-order valence-electron chi connectivity index (χ2n) is 6.78. The first-order valence-corrected chi connectivity index (χ1v) is 9.58. The highest BCUT2D eigenvalue weighted by atomic mass is 79.9. The first-order valence-electron chi connectivity index (χ1n) is 8.79. The lowest BCUT2D eigenvalue weighted by Crippen LogP contribution is -2.27. The fourth-order valence-electron chi connectivity index (χ4n) is 3.27. The Hall–Kier alpha value is -3.14. The molecule has 10 heteroatoms. The quantitative estimate of drug-likeness (QED) is 0.466. The van der Waals surface area contributed by atoms with Crippen molar-refractivity contribution in [1.29, 1.82) is 0 Å². The van der Waals surface area contributed by atoms with Gasteiger partial charge in [0.15, 0.2) is 0 Å². The summed E-state index contributed by atoms with van der Waals surface area (Å²) in [5.41, 5.74) is 7.31. The number of hydrogen-bond acceptors (Lipinski definition) is 4. The Morgan fingerprint density at radius 1 is 1.27 bits per heavy atom. The van der Waals surface area contributed by atoms with Gasteiger partial charge in [0.25, 0.3) is 12.3 Å². The Kier molecular flexibility index (Phi) is 5.10. The number of nitrogens with zero attached hydrogens (tertiary/aromatic N) is 4. The van der Waals surface area contributed by atoms with E-state index in [0.29, 0.717) is 16.6 Å². The molecule has 2 aromatic carbocycles. The molecule has 0 bridgehead atoms. The van der Waals surface area contributed by atoms with Crippen LogP contribution in [0.25, 0.3) is 16.6 Å². The van der Waals surface area contributed by atoms with Crippen LogP contribution in [0, 0.1) is 5.82 Å². The van der Waals surface area contributed by atoms with Gasteiger partial charge in [0.2, 0.25) is 0 Å². The number of anilines is 1. The van der Waals surface area contributed by atoms with Gasteiger partial charge < -0.3 is 10.6 Å². The Balaban J connectivity index is 1.69. The molecule has 0 unspecified atom stereocenters. The van der Waals surface area contributed by atoms with E-state index in [1.54, 1.807) is 10.5 Å². The third-order valence-corrected chi connectivity index (χ3v) is 5.48. The van der Waals surface area contributed by atoms with Crippen LogP contribution in [0.5, 0.6) is 0 Å². The zero-order valence-electron chi connectivity index (χ0n) is 15.6. The van der Waals surface area contributed by atoms with Gasteiger partial charge in [-0.1, -0.05) is 22.0 Å². The fraction of sp³-hybridized carbons (Fsp3) is 0.150. The molecule has 0 aliphatic carbocycles. The van der Waals surface area contributed by atoms with Gasteiger partial charge in [0.05, 0.1) is 29.1 Å². The van der Waals surface area contributed by atoms with Crippen LogP contribution < -0.4 is 5.73 Å². The van der Waals surface area contributed by atoms with Crippen LogP contribution in [-0.4, -0.2) is 32.2 Å². The monoisotopic (exact) mass is 477 g/mol. The number of rotatable bonds is 4. The number of fused-ring (bicyclic) bond motifs is 3. The van der Waals surface area contributed by atoms with E-state index in [4.69, 9.17) is 5.73 Å². The van der Waals surface area contributed by atoms with Crippen molar-refractivity contribution in [2.24, 2.45) is 0 Å². The number of imidazole rings is 1. The van der Waals surface area contributed by atoms with Crippen molar-refractivity contribution in [3.8, 4) is 0 Å². The summed E-state index contributed by atoms with van der Waals surface area (Å²) >= 11 is 3.08. The Bertz CT molecular complexity index is 1290. The zero-order chi connectivity index (χ0) is 21.6. The number of amides is 1. The van der Waals surface area contributed by atoms with E-state index in [-0.39, 0.29) is 33.5 Å². The van der Waals surface area contributed by atoms with Gasteiger partial charge in [-0.05, 0) is 23.8 Å². The minimum absolute atomic E-state index is 0.0315. The van der Waals surface area contributed by atoms with E-state index in [0.717, 1.165) is 6.07 Å². The summed E-state index contributed by atoms with van der Waals surface area (Å²) in [6, 6.07) is 6.96. The summed E-state index contributed by atoms with van der Waals surface area (Å²) in [5.74, 6) is -1.16. The maximum absolute atomic E-state index is 14.7. The molecule has 0 saturated carbocycles. The second-order valence-corrected chi connectivity index (χ2v) is 7.64. The van der Waals surface area contributed by atoms with Crippen molar-refractivity contribution < 1.29 is 18.0 Å². The average Bonchev–Trinajstić information content (AvgIpc) is 3.19. The minimum Gasteiger partial charge on any atom is -0.382 e. The van der Waals surface area contributed by atoms with Crippen molar-refractivity contribution in [3.63, 3.8) is 0 Å². The van der Waals surface area contributed by atoms with Crippen molar-refractivity contribution in [1.82, 2.24) is 19.3 Å². The van der Waals surface area contributed by atoms with E-state index < -0.39 is 18.1 Å². The highest BCUT2D eigenvalue weighted by molar-refractivity contribution is 9.10. The highest BCUT2D eigenvalue weighted by Gasteiger charge is 2.20. The van der Waals surface area contributed by atoms with Gasteiger partial charge in [0, 0.05) is 29.7 Å². The number of nitrogen functional groups attached to an aromatic ring is 1. The van der Waals surface area contributed by atoms with Gasteiger partial charge in [-0.15, -0.1) is 0 Å². The molecule has 0 aliphatic heterocycles. The first kappa shape index (κ1) is 20.1. The maximum Gasteiger partial charge on any atom is 0.264 e. The van der Waals surface area contributed by atoms with E-state index in [1.165, 1.54) is 42.7 Å². The standard InChI is InChI=1S/C20H15BrF3N5O/c1-28(8-10-2-3-13(21)11(4-10)18(23)24)20(30)12-5-16-15(6-14(12)22)27-19(25)17-7-26-9-29(16)17/h2-7,9,18H,8H2,1H3,(H2,25,27). The molecule has 0 atom stereocenters. The molecule has 154 valence electrons. The predicted molar refractivity (Wildman–Crippen MR) is 110 cm³/mol. The van der Waals surface area contributed by atoms with Crippen LogP contribution in [0.1, 0.15) is 27.9 Å². The lowest BCUT2D eigenvalue weighted by Gasteiger charge is -2.19. The number of carbonyl (C=O) groups is 1. The predicted octanol–water partition coefficient (Wildman–Crippen LogP) is 4.58. The summed E-state index contributed by atoms with van der Waals surface area (Å²) in [4.78, 5) is 22.3. The molecule has 4 rings (SSSR count). The molecule has 0 aliphatic rings. The summed E-state index contributed by atoms with van der Waals surface area (Å²) in [6.45, 7) is 0.0315. The van der Waals surface area contributed by atoms with Gasteiger partial charge in [-0.25, -0.2) is 23.1 Å². The number of carbonyl (C=O) groups excluding carboxylic acids is 1. The van der Waals surface area contributed by atoms with E-state index >= 15 is 0 Å². The highest BCUT2D eigenvalue weighted by Crippen LogP contribution is 2.29. The Labute approximate surface area is 177 Å². The third kappa shape index (κ3) is 3.47. The summed E-state index contributed by atoms with van der Waals surface area (Å²) in [6.07, 6.45) is 0.363. The molecule has 6 nitrogen and oxygen atoms in total. The van der Waals surface area contributed by atoms with Crippen molar-refractivity contribution in [2.45, 2.75) is 13.0 Å². The van der Waals surface area contributed by atoms with E-state index in [9.17, 15) is 18.0 Å². The van der Waals surface area contributed by atoms with E-state index in [2.05, 4.69) is 25.9 Å². The summed E-state index contributed by atoms with van der Waals surface area (Å²) < 4.78 is 42.8. The molecule has 1 amide bonds. The molecule has 0 fully saturated rings. The first-order chi connectivity index (χ1) is 14.3. The molecule has 4 aromatic rings. The van der Waals surface area contributed by atoms with E-state index in [1.807, 2.05) is 0 Å². The summed E-state index contributed by atoms with van der Waals surface area (Å²) in [5, 5.41) is 0. The van der Waals surface area contributed by atoms with Gasteiger partial charge in [-0.3, -0.25) is 9.20 Å². The van der Waals surface area contributed by atoms with Crippen molar-refractivity contribution >= 4 is 44.2 Å². The lowest BCUT2D eigenvalue weighted by atomic mass is 10.1. The van der Waals surface area contributed by atoms with Crippen molar-refractivity contribution in [2.75, 3.05) is 12.8 Å². The van der Waals surface area contributed by atoms with Crippen LogP contribution in [0.4, 0.5) is 19.0 Å². The summed E-state index contributed by atoms with van der Waals surface area (Å²) in [7, 11) is 1.48. The normalized spacial score (nSPS) is 11.5. The third-order valence-electron chi connectivity index (χ3n) is 4.76. The average molecular weight is 478 g/mol. The molecule has 2 aromatic heterocycles. The number of nitrogens with two attached hydrogens (primary N) is 1. The Morgan fingerprint density at radius 3 is 2.77 bits per heavy atom. The molecule has 2 heterocycles. The van der Waals surface area contributed by atoms with Crippen LogP contribution in [0.15, 0.2) is 47.3 Å². The Morgan fingerprint density at radius 2 is 2.03 bits per heavy atom. The number of benzene rings is 2. The zero-order valence-corrected chi connectivity index (χ0v) is 17.2. The number of aromatic nitrogens is 3. The van der Waals surface area contributed by atoms with Gasteiger partial charge in [0.1, 0.15) is 17.2 Å². The number of hydrogen-bond donors (Lipinski definition) is 1. The lowest BCUT2D eigenvalue weighted by molar-refractivity contribution is 0.0780. The topological polar surface area (TPSA) is 76.5 Å². The fourth-order valence-corrected chi connectivity index (χ4v) is 3.69. The molecule has 2 N–H and O–H groups in total. The SMILES string of the molecule is CN(Cc1ccc(Br)c(C(F)F)c1)C(=O)c1cc2c(cc1F)nc(N)c1cncn12. The van der Waals surface area contributed by atoms with Crippen LogP contribution >= 0.6 is 15.9 Å². The molecule has 0 saturated heterocycles. The minimum atomic E-state index is -2.66. The molecular weight excluding hydrogens is 463 g/mol. The molecule has 0 radical (unpaired) electrons. The largest absolute Gasteiger partial charge is 0.382 e. The second kappa shape index (κ2) is 7.60. The number of alkyl halides is 2.